The largest absolute Gasteiger partial charge is 0.499 e. The number of hydrogen-bond acceptors (Lipinski definition) is 6. The van der Waals surface area contributed by atoms with Gasteiger partial charge in [-0.2, -0.15) is 0 Å². The first-order valence-corrected chi connectivity index (χ1v) is 5.64. The fourth-order valence-corrected chi connectivity index (χ4v) is 1.87. The molecule has 0 aromatic heterocycles. The molecule has 0 aromatic carbocycles. The lowest BCUT2D eigenvalue weighted by molar-refractivity contribution is -0.163. The Morgan fingerprint density at radius 2 is 2.33 bits per heavy atom. The maximum Gasteiger partial charge on any atom is 0.378 e. The molecule has 2 aliphatic rings. The third-order valence-corrected chi connectivity index (χ3v) is 2.64. The second kappa shape index (κ2) is 4.62. The van der Waals surface area contributed by atoms with Crippen molar-refractivity contribution in [3.8, 4) is 0 Å². The van der Waals surface area contributed by atoms with Crippen LogP contribution in [0.4, 0.5) is 0 Å². The van der Waals surface area contributed by atoms with Gasteiger partial charge in [-0.1, -0.05) is 12.7 Å². The van der Waals surface area contributed by atoms with Gasteiger partial charge in [0.05, 0.1) is 6.61 Å². The molecule has 2 atom stereocenters. The van der Waals surface area contributed by atoms with Gasteiger partial charge >= 0.3 is 5.97 Å². The molecule has 0 aromatic rings. The Hall–Kier alpha value is -1.53. The van der Waals surface area contributed by atoms with Crippen LogP contribution in [0.2, 0.25) is 0 Å². The average Bonchev–Trinajstić information content (AvgIpc) is 2.79. The van der Waals surface area contributed by atoms with Crippen molar-refractivity contribution in [1.29, 1.82) is 0 Å². The van der Waals surface area contributed by atoms with E-state index < -0.39 is 29.7 Å². The van der Waals surface area contributed by atoms with Crippen LogP contribution >= 0.6 is 0 Å². The lowest BCUT2D eigenvalue weighted by Crippen LogP contribution is -2.33. The Kier molecular flexibility index (Phi) is 3.32. The van der Waals surface area contributed by atoms with Crippen LogP contribution in [0.3, 0.4) is 0 Å². The molecule has 2 aliphatic heterocycles. The normalized spacial score (nSPS) is 30.4. The van der Waals surface area contributed by atoms with Gasteiger partial charge in [0.15, 0.2) is 17.7 Å². The number of cyclic esters (lactones) is 1. The molecular formula is C12H16O6. The predicted octanol–water partition coefficient (Wildman–Crippen LogP) is 1.04. The smallest absolute Gasteiger partial charge is 0.378 e. The zero-order chi connectivity index (χ0) is 13.3. The van der Waals surface area contributed by atoms with Crippen LogP contribution in [0, 0.1) is 0 Å². The van der Waals surface area contributed by atoms with Crippen molar-refractivity contribution in [3.63, 3.8) is 0 Å². The van der Waals surface area contributed by atoms with Crippen LogP contribution in [0.25, 0.3) is 0 Å². The van der Waals surface area contributed by atoms with E-state index in [1.54, 1.807) is 13.8 Å². The number of ether oxygens (including phenoxy) is 4. The molecule has 0 unspecified atom stereocenters. The van der Waals surface area contributed by atoms with Crippen LogP contribution in [0.15, 0.2) is 24.2 Å². The van der Waals surface area contributed by atoms with Crippen LogP contribution in [0.1, 0.15) is 13.8 Å². The molecule has 0 bridgehead atoms. The summed E-state index contributed by atoms with van der Waals surface area (Å²) < 4.78 is 21.3. The number of carbonyl (C=O) groups excluding carboxylic acids is 1. The molecule has 0 aliphatic carbocycles. The highest BCUT2D eigenvalue weighted by atomic mass is 16.8. The molecular weight excluding hydrogens is 240 g/mol. The van der Waals surface area contributed by atoms with Crippen LogP contribution in [-0.2, 0) is 23.7 Å². The summed E-state index contributed by atoms with van der Waals surface area (Å²) in [5, 5.41) is 9.59. The van der Waals surface area contributed by atoms with Gasteiger partial charge in [0.1, 0.15) is 12.7 Å². The van der Waals surface area contributed by atoms with Crippen molar-refractivity contribution < 1.29 is 28.8 Å². The topological polar surface area (TPSA) is 74.2 Å². The molecule has 100 valence electrons. The Morgan fingerprint density at radius 3 is 2.89 bits per heavy atom. The second-order valence-corrected chi connectivity index (χ2v) is 4.51. The molecule has 2 rings (SSSR count). The average molecular weight is 256 g/mol. The summed E-state index contributed by atoms with van der Waals surface area (Å²) in [6.07, 6.45) is 0.239. The molecule has 0 amide bonds. The highest BCUT2D eigenvalue weighted by Gasteiger charge is 2.47. The van der Waals surface area contributed by atoms with E-state index in [2.05, 4.69) is 6.58 Å². The van der Waals surface area contributed by atoms with E-state index in [1.165, 1.54) is 6.08 Å². The van der Waals surface area contributed by atoms with Crippen molar-refractivity contribution in [2.75, 3.05) is 13.2 Å². The zero-order valence-corrected chi connectivity index (χ0v) is 10.3. The predicted molar refractivity (Wildman–Crippen MR) is 60.6 cm³/mol. The molecule has 0 spiro atoms. The summed E-state index contributed by atoms with van der Waals surface area (Å²) in [5.41, 5.74) is 0. The lowest BCUT2D eigenvalue weighted by atomic mass is 10.2. The molecule has 1 N–H and O–H groups in total. The van der Waals surface area contributed by atoms with Gasteiger partial charge in [0.2, 0.25) is 5.76 Å². The number of carbonyl (C=O) groups is 1. The molecule has 18 heavy (non-hydrogen) atoms. The third kappa shape index (κ3) is 2.34. The Balaban J connectivity index is 2.13. The quantitative estimate of drug-likeness (QED) is 0.598. The lowest BCUT2D eigenvalue weighted by Gasteiger charge is -2.21. The molecule has 1 saturated heterocycles. The molecule has 6 heteroatoms. The van der Waals surface area contributed by atoms with Crippen LogP contribution < -0.4 is 0 Å². The van der Waals surface area contributed by atoms with Gasteiger partial charge in [-0.3, -0.25) is 0 Å². The summed E-state index contributed by atoms with van der Waals surface area (Å²) >= 11 is 0. The maximum atomic E-state index is 11.3. The highest BCUT2D eigenvalue weighted by Crippen LogP contribution is 2.32. The minimum atomic E-state index is -0.813. The standard InChI is InChI=1S/C12H16O6/c1-4-5-15-10-8(13)11(14)17-9(10)7-6-16-12(2,3)18-7/h4,7,9,13H,1,5-6H2,2-3H3/t7-,9+/m0/s1. The summed E-state index contributed by atoms with van der Waals surface area (Å²) in [6.45, 7) is 7.46. The van der Waals surface area contributed by atoms with E-state index in [0.29, 0.717) is 0 Å². The summed E-state index contributed by atoms with van der Waals surface area (Å²) in [4.78, 5) is 11.3. The monoisotopic (exact) mass is 256 g/mol. The van der Waals surface area contributed by atoms with Gasteiger partial charge < -0.3 is 24.1 Å². The fraction of sp³-hybridized carbons (Fsp3) is 0.583. The highest BCUT2D eigenvalue weighted by molar-refractivity contribution is 5.89. The van der Waals surface area contributed by atoms with Crippen molar-refractivity contribution in [2.45, 2.75) is 31.8 Å². The zero-order valence-electron chi connectivity index (χ0n) is 10.3. The second-order valence-electron chi connectivity index (χ2n) is 4.51. The fourth-order valence-electron chi connectivity index (χ4n) is 1.87. The van der Waals surface area contributed by atoms with Gasteiger partial charge in [0, 0.05) is 0 Å². The van der Waals surface area contributed by atoms with Gasteiger partial charge in [-0.15, -0.1) is 0 Å². The van der Waals surface area contributed by atoms with Gasteiger partial charge in [-0.05, 0) is 13.8 Å². The number of aliphatic hydroxyl groups excluding tert-OH is 1. The van der Waals surface area contributed by atoms with E-state index in [0.717, 1.165) is 0 Å². The van der Waals surface area contributed by atoms with Crippen LogP contribution in [-0.4, -0.2) is 42.3 Å². The number of hydrogen-bond donors (Lipinski definition) is 1. The summed E-state index contributed by atoms with van der Waals surface area (Å²) in [5.74, 6) is -1.99. The number of aliphatic hydroxyl groups is 1. The first-order chi connectivity index (χ1) is 8.44. The van der Waals surface area contributed by atoms with E-state index in [9.17, 15) is 9.90 Å². The molecule has 2 heterocycles. The Morgan fingerprint density at radius 1 is 1.61 bits per heavy atom. The Labute approximate surface area is 105 Å². The first kappa shape index (κ1) is 12.9. The third-order valence-electron chi connectivity index (χ3n) is 2.64. The maximum absolute atomic E-state index is 11.3. The van der Waals surface area contributed by atoms with Crippen LogP contribution in [0.5, 0.6) is 0 Å². The molecule has 0 radical (unpaired) electrons. The van der Waals surface area contributed by atoms with E-state index in [4.69, 9.17) is 18.9 Å². The minimum Gasteiger partial charge on any atom is -0.499 e. The van der Waals surface area contributed by atoms with Crippen molar-refractivity contribution in [2.24, 2.45) is 0 Å². The molecule has 1 fully saturated rings. The SMILES string of the molecule is C=CCOC1=C(O)C(=O)O[C@@H]1[C@@H]1COC(C)(C)O1. The van der Waals surface area contributed by atoms with Crippen molar-refractivity contribution >= 4 is 5.97 Å². The summed E-state index contributed by atoms with van der Waals surface area (Å²) in [7, 11) is 0. The van der Waals surface area contributed by atoms with Crippen molar-refractivity contribution in [1.82, 2.24) is 0 Å². The van der Waals surface area contributed by atoms with E-state index in [-0.39, 0.29) is 19.0 Å². The van der Waals surface area contributed by atoms with E-state index >= 15 is 0 Å². The molecule has 0 saturated carbocycles. The van der Waals surface area contributed by atoms with Gasteiger partial charge in [0.25, 0.3) is 0 Å². The number of rotatable bonds is 4. The first-order valence-electron chi connectivity index (χ1n) is 5.64. The van der Waals surface area contributed by atoms with Crippen molar-refractivity contribution in [3.05, 3.63) is 24.2 Å². The minimum absolute atomic E-state index is 0.0752. The van der Waals surface area contributed by atoms with Gasteiger partial charge in [-0.25, -0.2) is 4.79 Å². The number of esters is 1. The molecule has 6 nitrogen and oxygen atoms in total. The van der Waals surface area contributed by atoms with E-state index in [1.807, 2.05) is 0 Å². The Bertz CT molecular complexity index is 397. The summed E-state index contributed by atoms with van der Waals surface area (Å²) in [6, 6.07) is 0.